The van der Waals surface area contributed by atoms with Gasteiger partial charge in [0.05, 0.1) is 0 Å². The third-order valence-electron chi connectivity index (χ3n) is 5.52. The Bertz CT molecular complexity index is 1030. The normalized spacial score (nSPS) is 21.2. The molecule has 4 amide bonds. The third-order valence-corrected chi connectivity index (χ3v) is 5.52. The molecule has 6 nitrogen and oxygen atoms in total. The molecule has 2 aliphatic heterocycles. The van der Waals surface area contributed by atoms with Gasteiger partial charge in [-0.3, -0.25) is 14.5 Å². The lowest BCUT2D eigenvalue weighted by Gasteiger charge is -2.30. The summed E-state index contributed by atoms with van der Waals surface area (Å²) < 4.78 is 27.8. The van der Waals surface area contributed by atoms with Crippen molar-refractivity contribution >= 4 is 17.8 Å². The Morgan fingerprint density at radius 3 is 2.62 bits per heavy atom. The van der Waals surface area contributed by atoms with Crippen molar-refractivity contribution in [1.29, 1.82) is 0 Å². The van der Waals surface area contributed by atoms with Gasteiger partial charge in [0.2, 0.25) is 5.91 Å². The van der Waals surface area contributed by atoms with E-state index in [1.165, 1.54) is 12.5 Å². The summed E-state index contributed by atoms with van der Waals surface area (Å²) in [6.45, 7) is 1.72. The second-order valence-electron chi connectivity index (χ2n) is 7.40. The Morgan fingerprint density at radius 2 is 1.86 bits per heavy atom. The number of urea groups is 1. The number of hydrogen-bond acceptors (Lipinski definition) is 3. The van der Waals surface area contributed by atoms with Crippen LogP contribution in [0.1, 0.15) is 23.6 Å². The first-order valence-electron chi connectivity index (χ1n) is 9.24. The predicted molar refractivity (Wildman–Crippen MR) is 99.5 cm³/mol. The fraction of sp³-hybridized carbons (Fsp3) is 0.286. The number of nitrogens with one attached hydrogen (secondary N) is 1. The van der Waals surface area contributed by atoms with Crippen LogP contribution in [-0.4, -0.2) is 40.7 Å². The van der Waals surface area contributed by atoms with Crippen LogP contribution in [0.25, 0.3) is 0 Å². The molecule has 0 saturated carbocycles. The van der Waals surface area contributed by atoms with E-state index in [1.54, 1.807) is 4.90 Å². The van der Waals surface area contributed by atoms with Crippen molar-refractivity contribution < 1.29 is 23.2 Å². The molecule has 0 radical (unpaired) electrons. The van der Waals surface area contributed by atoms with Crippen LogP contribution < -0.4 is 5.32 Å². The van der Waals surface area contributed by atoms with E-state index in [-0.39, 0.29) is 11.5 Å². The summed E-state index contributed by atoms with van der Waals surface area (Å²) in [7, 11) is 0. The van der Waals surface area contributed by atoms with E-state index in [9.17, 15) is 23.2 Å². The molecule has 2 heterocycles. The lowest BCUT2D eigenvalue weighted by Crippen LogP contribution is -2.46. The fourth-order valence-corrected chi connectivity index (χ4v) is 3.85. The zero-order valence-corrected chi connectivity index (χ0v) is 15.7. The molecule has 1 fully saturated rings. The quantitative estimate of drug-likeness (QED) is 0.806. The minimum Gasteiger partial charge on any atom is -0.336 e. The molecule has 2 aromatic rings. The maximum absolute atomic E-state index is 14.2. The Kier molecular flexibility index (Phi) is 4.56. The van der Waals surface area contributed by atoms with Gasteiger partial charge in [0.15, 0.2) is 0 Å². The van der Waals surface area contributed by atoms with E-state index >= 15 is 0 Å². The van der Waals surface area contributed by atoms with Gasteiger partial charge in [0.1, 0.15) is 23.7 Å². The van der Waals surface area contributed by atoms with Crippen LogP contribution >= 0.6 is 0 Å². The molecule has 0 aliphatic carbocycles. The maximum atomic E-state index is 14.2. The van der Waals surface area contributed by atoms with Gasteiger partial charge >= 0.3 is 6.03 Å². The molecular formula is C21H19F2N3O3. The van der Waals surface area contributed by atoms with Crippen LogP contribution in [0.15, 0.2) is 42.5 Å². The van der Waals surface area contributed by atoms with Gasteiger partial charge in [-0.1, -0.05) is 24.3 Å². The van der Waals surface area contributed by atoms with E-state index in [4.69, 9.17) is 0 Å². The van der Waals surface area contributed by atoms with E-state index in [0.717, 1.165) is 28.7 Å². The topological polar surface area (TPSA) is 69.7 Å². The first-order chi connectivity index (χ1) is 13.8. The Hall–Kier alpha value is -3.29. The van der Waals surface area contributed by atoms with Crippen LogP contribution in [0.2, 0.25) is 0 Å². The average Bonchev–Trinajstić information content (AvgIpc) is 2.93. The smallest absolute Gasteiger partial charge is 0.325 e. The van der Waals surface area contributed by atoms with Crippen LogP contribution in [-0.2, 0) is 28.1 Å². The van der Waals surface area contributed by atoms with Gasteiger partial charge in [-0.25, -0.2) is 13.6 Å². The highest BCUT2D eigenvalue weighted by Gasteiger charge is 2.51. The molecule has 29 heavy (non-hydrogen) atoms. The molecule has 150 valence electrons. The van der Waals surface area contributed by atoms with Crippen molar-refractivity contribution in [2.45, 2.75) is 25.4 Å². The number of fused-ring (bicyclic) bond motifs is 1. The van der Waals surface area contributed by atoms with Gasteiger partial charge in [-0.2, -0.15) is 0 Å². The second-order valence-corrected chi connectivity index (χ2v) is 7.40. The van der Waals surface area contributed by atoms with Crippen LogP contribution in [0.5, 0.6) is 0 Å². The van der Waals surface area contributed by atoms with Gasteiger partial charge in [-0.15, -0.1) is 0 Å². The molecule has 0 spiro atoms. The number of nitrogens with zero attached hydrogens (tertiary/aromatic N) is 2. The molecule has 4 rings (SSSR count). The lowest BCUT2D eigenvalue weighted by molar-refractivity contribution is -0.139. The highest BCUT2D eigenvalue weighted by molar-refractivity contribution is 6.09. The van der Waals surface area contributed by atoms with E-state index in [0.29, 0.717) is 19.5 Å². The largest absolute Gasteiger partial charge is 0.336 e. The van der Waals surface area contributed by atoms with Crippen molar-refractivity contribution in [2.24, 2.45) is 0 Å². The van der Waals surface area contributed by atoms with Gasteiger partial charge < -0.3 is 10.2 Å². The van der Waals surface area contributed by atoms with E-state index in [2.05, 4.69) is 5.32 Å². The molecule has 0 bridgehead atoms. The highest BCUT2D eigenvalue weighted by atomic mass is 19.1. The lowest BCUT2D eigenvalue weighted by atomic mass is 9.91. The summed E-state index contributed by atoms with van der Waals surface area (Å²) in [6.07, 6.45) is 0.689. The number of imide groups is 1. The molecule has 1 N–H and O–H groups in total. The van der Waals surface area contributed by atoms with E-state index in [1.807, 2.05) is 24.3 Å². The van der Waals surface area contributed by atoms with Crippen LogP contribution in [0.4, 0.5) is 13.6 Å². The molecule has 2 aliphatic rings. The average molecular weight is 399 g/mol. The van der Waals surface area contributed by atoms with Crippen molar-refractivity contribution in [1.82, 2.24) is 15.1 Å². The van der Waals surface area contributed by atoms with Gasteiger partial charge in [0.25, 0.3) is 5.91 Å². The van der Waals surface area contributed by atoms with Crippen molar-refractivity contribution in [3.05, 3.63) is 70.8 Å². The first kappa shape index (κ1) is 19.0. The molecule has 1 unspecified atom stereocenters. The zero-order chi connectivity index (χ0) is 20.8. The van der Waals surface area contributed by atoms with Crippen molar-refractivity contribution in [2.75, 3.05) is 13.1 Å². The summed E-state index contributed by atoms with van der Waals surface area (Å²) >= 11 is 0. The number of carbonyl (C=O) groups excluding carboxylic acids is 3. The Morgan fingerprint density at radius 1 is 1.14 bits per heavy atom. The number of benzene rings is 2. The predicted octanol–water partition coefficient (Wildman–Crippen LogP) is 2.32. The molecule has 0 aromatic heterocycles. The molecule has 8 heteroatoms. The number of amides is 4. The standard InChI is InChI=1S/C21H19F2N3O3/c1-21(16-10-15(22)6-7-17(16)23)19(28)26(20(29)24-21)12-18(27)25-9-8-13-4-2-3-5-14(13)11-25/h2-7,10H,8-9,11-12H2,1H3,(H,24,29). The van der Waals surface area contributed by atoms with Crippen LogP contribution in [0.3, 0.4) is 0 Å². The molecule has 1 saturated heterocycles. The van der Waals surface area contributed by atoms with E-state index < -0.39 is 35.7 Å². The summed E-state index contributed by atoms with van der Waals surface area (Å²) in [5.74, 6) is -2.72. The van der Waals surface area contributed by atoms with Crippen molar-refractivity contribution in [3.8, 4) is 0 Å². The second kappa shape index (κ2) is 6.95. The third kappa shape index (κ3) is 3.24. The number of carbonyl (C=O) groups is 3. The Balaban J connectivity index is 1.53. The number of halogens is 2. The minimum atomic E-state index is -1.78. The minimum absolute atomic E-state index is 0.280. The van der Waals surface area contributed by atoms with Crippen molar-refractivity contribution in [3.63, 3.8) is 0 Å². The molecular weight excluding hydrogens is 380 g/mol. The SMILES string of the molecule is CC1(c2cc(F)ccc2F)NC(=O)N(CC(=O)N2CCc3ccccc3C2)C1=O. The molecule has 2 aromatic carbocycles. The monoisotopic (exact) mass is 399 g/mol. The maximum Gasteiger partial charge on any atom is 0.325 e. The zero-order valence-electron chi connectivity index (χ0n) is 15.7. The summed E-state index contributed by atoms with van der Waals surface area (Å²) in [4.78, 5) is 40.4. The highest BCUT2D eigenvalue weighted by Crippen LogP contribution is 2.31. The van der Waals surface area contributed by atoms with Gasteiger partial charge in [-0.05, 0) is 42.7 Å². The summed E-state index contributed by atoms with van der Waals surface area (Å²) in [6, 6.07) is 9.67. The number of rotatable bonds is 3. The molecule has 1 atom stereocenters. The van der Waals surface area contributed by atoms with Gasteiger partial charge in [0, 0.05) is 18.7 Å². The fourth-order valence-electron chi connectivity index (χ4n) is 3.85. The Labute approximate surface area is 166 Å². The summed E-state index contributed by atoms with van der Waals surface area (Å²) in [5, 5.41) is 2.40. The first-order valence-corrected chi connectivity index (χ1v) is 9.24. The van der Waals surface area contributed by atoms with Crippen LogP contribution in [0, 0.1) is 11.6 Å². The summed E-state index contributed by atoms with van der Waals surface area (Å²) in [5.41, 5.74) is 0.132. The number of hydrogen-bond donors (Lipinski definition) is 1.